The molecule has 0 fully saturated rings. The lowest BCUT2D eigenvalue weighted by molar-refractivity contribution is 0.144. The van der Waals surface area contributed by atoms with E-state index in [0.717, 1.165) is 13.0 Å². The Morgan fingerprint density at radius 1 is 1.35 bits per heavy atom. The molecule has 0 aliphatic carbocycles. The molecule has 0 atom stereocenters. The van der Waals surface area contributed by atoms with Crippen molar-refractivity contribution in [1.29, 1.82) is 0 Å². The second-order valence-electron chi connectivity index (χ2n) is 4.27. The Hall–Kier alpha value is -1.10. The van der Waals surface area contributed by atoms with Gasteiger partial charge in [0.2, 0.25) is 0 Å². The quantitative estimate of drug-likeness (QED) is 0.780. The van der Waals surface area contributed by atoms with Crippen LogP contribution in [0.3, 0.4) is 0 Å². The molecule has 5 heteroatoms. The molecule has 0 aromatic carbocycles. The monoisotopic (exact) mass is 243 g/mol. The predicted molar refractivity (Wildman–Crippen MR) is 63.1 cm³/mol. The third kappa shape index (κ3) is 4.00. The molecule has 3 nitrogen and oxygen atoms in total. The van der Waals surface area contributed by atoms with E-state index in [1.54, 1.807) is 0 Å². The number of alkyl halides is 2. The zero-order valence-electron chi connectivity index (χ0n) is 10.5. The summed E-state index contributed by atoms with van der Waals surface area (Å²) >= 11 is 0. The summed E-state index contributed by atoms with van der Waals surface area (Å²) in [6, 6.07) is 0. The van der Waals surface area contributed by atoms with Crippen LogP contribution in [0.25, 0.3) is 0 Å². The molecule has 1 rings (SSSR count). The molecule has 0 radical (unpaired) electrons. The smallest absolute Gasteiger partial charge is 0.280 e. The van der Waals surface area contributed by atoms with E-state index in [0.29, 0.717) is 17.9 Å². The molecular weight excluding hydrogens is 224 g/mol. The maximum Gasteiger partial charge on any atom is 0.280 e. The highest BCUT2D eigenvalue weighted by atomic mass is 19.3. The Kier molecular flexibility index (Phi) is 5.41. The molecule has 0 aliphatic rings. The van der Waals surface area contributed by atoms with Gasteiger partial charge in [-0.05, 0) is 13.0 Å². The SMILES string of the molecule is CCCNCc1cnc(C(C)C)nc1C(F)F. The van der Waals surface area contributed by atoms with Crippen molar-refractivity contribution in [3.05, 3.63) is 23.3 Å². The third-order valence-electron chi connectivity index (χ3n) is 2.38. The van der Waals surface area contributed by atoms with Crippen LogP contribution in [-0.2, 0) is 6.54 Å². The number of nitrogens with zero attached hydrogens (tertiary/aromatic N) is 2. The Morgan fingerprint density at radius 3 is 2.59 bits per heavy atom. The van der Waals surface area contributed by atoms with E-state index in [-0.39, 0.29) is 11.6 Å². The Labute approximate surface area is 101 Å². The highest BCUT2D eigenvalue weighted by Gasteiger charge is 2.17. The van der Waals surface area contributed by atoms with Gasteiger partial charge in [0.1, 0.15) is 11.5 Å². The minimum absolute atomic E-state index is 0.0603. The van der Waals surface area contributed by atoms with E-state index in [1.807, 2.05) is 20.8 Å². The molecule has 0 saturated carbocycles. The average molecular weight is 243 g/mol. The first-order valence-corrected chi connectivity index (χ1v) is 5.90. The molecular formula is C12H19F2N3. The van der Waals surface area contributed by atoms with Gasteiger partial charge in [0.15, 0.2) is 0 Å². The van der Waals surface area contributed by atoms with Gasteiger partial charge in [0.25, 0.3) is 6.43 Å². The Bertz CT molecular complexity index is 354. The molecule has 0 bridgehead atoms. The lowest BCUT2D eigenvalue weighted by Crippen LogP contribution is -2.17. The standard InChI is InChI=1S/C12H19F2N3/c1-4-5-15-6-9-7-16-12(8(2)3)17-10(9)11(13)14/h7-8,11,15H,4-6H2,1-3H3. The van der Waals surface area contributed by atoms with Crippen molar-refractivity contribution < 1.29 is 8.78 Å². The van der Waals surface area contributed by atoms with Crippen molar-refractivity contribution in [2.75, 3.05) is 6.54 Å². The fourth-order valence-electron chi connectivity index (χ4n) is 1.44. The van der Waals surface area contributed by atoms with Gasteiger partial charge < -0.3 is 5.32 Å². The molecule has 1 heterocycles. The molecule has 0 aliphatic heterocycles. The minimum Gasteiger partial charge on any atom is -0.313 e. The number of rotatable bonds is 6. The first-order valence-electron chi connectivity index (χ1n) is 5.90. The average Bonchev–Trinajstić information content (AvgIpc) is 2.29. The highest BCUT2D eigenvalue weighted by Crippen LogP contribution is 2.22. The largest absolute Gasteiger partial charge is 0.313 e. The van der Waals surface area contributed by atoms with Crippen molar-refractivity contribution >= 4 is 0 Å². The van der Waals surface area contributed by atoms with Gasteiger partial charge in [-0.3, -0.25) is 0 Å². The van der Waals surface area contributed by atoms with Gasteiger partial charge in [-0.15, -0.1) is 0 Å². The van der Waals surface area contributed by atoms with Gasteiger partial charge in [0.05, 0.1) is 0 Å². The second kappa shape index (κ2) is 6.59. The first-order chi connectivity index (χ1) is 8.06. The minimum atomic E-state index is -2.55. The van der Waals surface area contributed by atoms with Gasteiger partial charge in [-0.2, -0.15) is 0 Å². The van der Waals surface area contributed by atoms with Crippen LogP contribution in [0.4, 0.5) is 8.78 Å². The van der Waals surface area contributed by atoms with E-state index >= 15 is 0 Å². The maximum absolute atomic E-state index is 12.9. The number of nitrogens with one attached hydrogen (secondary N) is 1. The van der Waals surface area contributed by atoms with Gasteiger partial charge in [0, 0.05) is 24.2 Å². The van der Waals surface area contributed by atoms with Crippen LogP contribution >= 0.6 is 0 Å². The first kappa shape index (κ1) is 14.0. The molecule has 1 aromatic rings. The van der Waals surface area contributed by atoms with Crippen LogP contribution in [0, 0.1) is 0 Å². The van der Waals surface area contributed by atoms with E-state index in [2.05, 4.69) is 15.3 Å². The third-order valence-corrected chi connectivity index (χ3v) is 2.38. The molecule has 96 valence electrons. The second-order valence-corrected chi connectivity index (χ2v) is 4.27. The molecule has 1 aromatic heterocycles. The molecule has 0 spiro atoms. The molecule has 17 heavy (non-hydrogen) atoms. The summed E-state index contributed by atoms with van der Waals surface area (Å²) in [7, 11) is 0. The van der Waals surface area contributed by atoms with E-state index in [9.17, 15) is 8.78 Å². The summed E-state index contributed by atoms with van der Waals surface area (Å²) in [5.41, 5.74) is 0.338. The number of aromatic nitrogens is 2. The van der Waals surface area contributed by atoms with Gasteiger partial charge >= 0.3 is 0 Å². The lowest BCUT2D eigenvalue weighted by Gasteiger charge is -2.11. The normalized spacial score (nSPS) is 11.5. The summed E-state index contributed by atoms with van der Waals surface area (Å²) in [5.74, 6) is 0.532. The predicted octanol–water partition coefficient (Wildman–Crippen LogP) is 3.04. The fourth-order valence-corrected chi connectivity index (χ4v) is 1.44. The van der Waals surface area contributed by atoms with Gasteiger partial charge in [-0.25, -0.2) is 18.7 Å². The van der Waals surface area contributed by atoms with Gasteiger partial charge in [-0.1, -0.05) is 20.8 Å². The van der Waals surface area contributed by atoms with Crippen LogP contribution in [0.15, 0.2) is 6.20 Å². The van der Waals surface area contributed by atoms with E-state index < -0.39 is 6.43 Å². The summed E-state index contributed by atoms with van der Waals surface area (Å²) in [6.07, 6.45) is -0.0736. The summed E-state index contributed by atoms with van der Waals surface area (Å²) in [6.45, 7) is 7.00. The number of hydrogen-bond acceptors (Lipinski definition) is 3. The van der Waals surface area contributed by atoms with Crippen molar-refractivity contribution in [1.82, 2.24) is 15.3 Å². The fraction of sp³-hybridized carbons (Fsp3) is 0.667. The van der Waals surface area contributed by atoms with Crippen molar-refractivity contribution in [2.24, 2.45) is 0 Å². The van der Waals surface area contributed by atoms with Crippen LogP contribution in [-0.4, -0.2) is 16.5 Å². The summed E-state index contributed by atoms with van der Waals surface area (Å²) in [4.78, 5) is 8.06. The van der Waals surface area contributed by atoms with Crippen molar-refractivity contribution in [3.8, 4) is 0 Å². The van der Waals surface area contributed by atoms with E-state index in [1.165, 1.54) is 6.20 Å². The number of halogens is 2. The zero-order chi connectivity index (χ0) is 12.8. The number of hydrogen-bond donors (Lipinski definition) is 1. The molecule has 0 amide bonds. The van der Waals surface area contributed by atoms with Crippen LogP contribution in [0.2, 0.25) is 0 Å². The Balaban J connectivity index is 2.88. The van der Waals surface area contributed by atoms with Crippen LogP contribution in [0.1, 0.15) is 56.6 Å². The topological polar surface area (TPSA) is 37.8 Å². The zero-order valence-corrected chi connectivity index (χ0v) is 10.5. The molecule has 0 saturated heterocycles. The Morgan fingerprint density at radius 2 is 2.06 bits per heavy atom. The molecule has 1 N–H and O–H groups in total. The van der Waals surface area contributed by atoms with E-state index in [4.69, 9.17) is 0 Å². The van der Waals surface area contributed by atoms with Crippen LogP contribution < -0.4 is 5.32 Å². The maximum atomic E-state index is 12.9. The summed E-state index contributed by atoms with van der Waals surface area (Å²) < 4.78 is 25.7. The van der Waals surface area contributed by atoms with Crippen molar-refractivity contribution in [3.63, 3.8) is 0 Å². The highest BCUT2D eigenvalue weighted by molar-refractivity contribution is 5.19. The molecule has 0 unspecified atom stereocenters. The van der Waals surface area contributed by atoms with Crippen LogP contribution in [0.5, 0.6) is 0 Å². The lowest BCUT2D eigenvalue weighted by atomic mass is 10.1. The van der Waals surface area contributed by atoms with Crippen molar-refractivity contribution in [2.45, 2.75) is 46.1 Å². The summed E-state index contributed by atoms with van der Waals surface area (Å²) in [5, 5.41) is 3.08.